The van der Waals surface area contributed by atoms with Crippen molar-refractivity contribution in [2.24, 2.45) is 0 Å². The number of nitrogens with zero attached hydrogens (tertiary/aromatic N) is 2. The van der Waals surface area contributed by atoms with Gasteiger partial charge in [0.15, 0.2) is 0 Å². The molecule has 1 aliphatic heterocycles. The Bertz CT molecular complexity index is 1160. The van der Waals surface area contributed by atoms with Crippen LogP contribution in [0.4, 0.5) is 11.4 Å². The van der Waals surface area contributed by atoms with Gasteiger partial charge in [-0.25, -0.2) is 0 Å². The molecule has 0 unspecified atom stereocenters. The molecule has 1 heterocycles. The normalized spacial score (nSPS) is 15.1. The Morgan fingerprint density at radius 3 is 1.91 bits per heavy atom. The number of ether oxygens (including phenoxy) is 2. The summed E-state index contributed by atoms with van der Waals surface area (Å²) in [6.45, 7) is 3.78. The minimum absolute atomic E-state index is 0.0132. The molecule has 35 heavy (non-hydrogen) atoms. The van der Waals surface area contributed by atoms with Gasteiger partial charge in [0, 0.05) is 39.0 Å². The van der Waals surface area contributed by atoms with Crippen LogP contribution in [0, 0.1) is 0 Å². The number of methoxy groups -OCH3 is 1. The first kappa shape index (κ1) is 23.0. The van der Waals surface area contributed by atoms with Crippen LogP contribution < -0.4 is 14.5 Å². The Balaban J connectivity index is 1.50. The predicted molar refractivity (Wildman–Crippen MR) is 143 cm³/mol. The van der Waals surface area contributed by atoms with Gasteiger partial charge in [-0.2, -0.15) is 0 Å². The summed E-state index contributed by atoms with van der Waals surface area (Å²) in [6.07, 6.45) is 0.0132. The van der Waals surface area contributed by atoms with Gasteiger partial charge in [-0.15, -0.1) is 0 Å². The molecule has 0 saturated heterocycles. The van der Waals surface area contributed by atoms with E-state index in [0.29, 0.717) is 6.61 Å². The Kier molecular flexibility index (Phi) is 7.30. The number of hydrogen-bond donors (Lipinski definition) is 0. The summed E-state index contributed by atoms with van der Waals surface area (Å²) in [5, 5.41) is 0. The smallest absolute Gasteiger partial charge is 0.142 e. The van der Waals surface area contributed by atoms with Gasteiger partial charge in [0.25, 0.3) is 0 Å². The van der Waals surface area contributed by atoms with Crippen molar-refractivity contribution in [3.63, 3.8) is 0 Å². The number of benzene rings is 4. The molecule has 4 aromatic carbocycles. The molecule has 1 atom stereocenters. The molecule has 0 N–H and O–H groups in total. The van der Waals surface area contributed by atoms with Crippen LogP contribution in [0.15, 0.2) is 109 Å². The molecule has 0 amide bonds. The highest BCUT2D eigenvalue weighted by Crippen LogP contribution is 2.37. The van der Waals surface area contributed by atoms with Crippen molar-refractivity contribution in [1.29, 1.82) is 0 Å². The van der Waals surface area contributed by atoms with Crippen LogP contribution >= 0.6 is 0 Å². The van der Waals surface area contributed by atoms with E-state index in [-0.39, 0.29) is 6.10 Å². The minimum Gasteiger partial charge on any atom is -0.489 e. The first-order valence-electron chi connectivity index (χ1n) is 12.2. The second-order valence-corrected chi connectivity index (χ2v) is 9.01. The van der Waals surface area contributed by atoms with Crippen LogP contribution in [-0.4, -0.2) is 26.4 Å². The summed E-state index contributed by atoms with van der Waals surface area (Å²) in [5.74, 6) is 0.906. The van der Waals surface area contributed by atoms with Gasteiger partial charge in [0.2, 0.25) is 0 Å². The van der Waals surface area contributed by atoms with E-state index in [1.807, 2.05) is 0 Å². The number of fused-ring (bicyclic) bond motifs is 1. The van der Waals surface area contributed by atoms with Crippen molar-refractivity contribution in [2.75, 3.05) is 30.1 Å². The van der Waals surface area contributed by atoms with Gasteiger partial charge in [-0.1, -0.05) is 91.0 Å². The zero-order valence-electron chi connectivity index (χ0n) is 20.2. The summed E-state index contributed by atoms with van der Waals surface area (Å²) < 4.78 is 11.9. The van der Waals surface area contributed by atoms with Crippen molar-refractivity contribution >= 4 is 11.4 Å². The third-order valence-electron chi connectivity index (χ3n) is 6.48. The Hall–Kier alpha value is -3.76. The van der Waals surface area contributed by atoms with E-state index in [0.717, 1.165) is 37.6 Å². The molecule has 178 valence electrons. The first-order chi connectivity index (χ1) is 17.3. The van der Waals surface area contributed by atoms with Crippen LogP contribution in [0.1, 0.15) is 16.7 Å². The minimum atomic E-state index is 0.0132. The largest absolute Gasteiger partial charge is 0.489 e. The summed E-state index contributed by atoms with van der Waals surface area (Å²) in [6, 6.07) is 38.5. The van der Waals surface area contributed by atoms with Crippen LogP contribution in [0.5, 0.6) is 5.75 Å². The zero-order valence-corrected chi connectivity index (χ0v) is 20.2. The second-order valence-electron chi connectivity index (χ2n) is 9.01. The van der Waals surface area contributed by atoms with E-state index in [1.54, 1.807) is 7.11 Å². The van der Waals surface area contributed by atoms with E-state index in [2.05, 4.69) is 119 Å². The molecule has 0 spiro atoms. The Morgan fingerprint density at radius 2 is 1.34 bits per heavy atom. The maximum atomic E-state index is 6.21. The monoisotopic (exact) mass is 464 g/mol. The van der Waals surface area contributed by atoms with Crippen molar-refractivity contribution in [3.05, 3.63) is 126 Å². The van der Waals surface area contributed by atoms with Crippen LogP contribution in [0.2, 0.25) is 0 Å². The molecule has 0 aromatic heterocycles. The summed E-state index contributed by atoms with van der Waals surface area (Å²) in [7, 11) is 1.76. The molecule has 0 fully saturated rings. The second kappa shape index (κ2) is 11.1. The van der Waals surface area contributed by atoms with E-state index in [9.17, 15) is 0 Å². The van der Waals surface area contributed by atoms with Crippen molar-refractivity contribution in [3.8, 4) is 5.75 Å². The third kappa shape index (κ3) is 5.84. The lowest BCUT2D eigenvalue weighted by Crippen LogP contribution is -2.34. The highest BCUT2D eigenvalue weighted by molar-refractivity contribution is 5.68. The maximum Gasteiger partial charge on any atom is 0.142 e. The first-order valence-corrected chi connectivity index (χ1v) is 12.2. The molecule has 4 heteroatoms. The van der Waals surface area contributed by atoms with Crippen molar-refractivity contribution in [2.45, 2.75) is 25.7 Å². The molecule has 4 nitrogen and oxygen atoms in total. The predicted octanol–water partition coefficient (Wildman–Crippen LogP) is 6.31. The van der Waals surface area contributed by atoms with Gasteiger partial charge in [-0.3, -0.25) is 0 Å². The Morgan fingerprint density at radius 1 is 0.771 bits per heavy atom. The van der Waals surface area contributed by atoms with Gasteiger partial charge >= 0.3 is 0 Å². The molecule has 0 saturated carbocycles. The summed E-state index contributed by atoms with van der Waals surface area (Å²) in [4.78, 5) is 4.82. The standard InChI is InChI=1S/C31H32N2O2/c1-34-29-23-33(22-27-15-9-4-10-16-27)30-19-28(17-18-31(30)35-24-29)32(20-25-11-5-2-6-12-25)21-26-13-7-3-8-14-26/h2-19,29H,20-24H2,1H3/t29-/m0/s1. The van der Waals surface area contributed by atoms with E-state index in [4.69, 9.17) is 9.47 Å². The lowest BCUT2D eigenvalue weighted by atomic mass is 10.1. The third-order valence-corrected chi connectivity index (χ3v) is 6.48. The van der Waals surface area contributed by atoms with E-state index < -0.39 is 0 Å². The number of rotatable bonds is 8. The Labute approximate surface area is 208 Å². The molecule has 4 aromatic rings. The van der Waals surface area contributed by atoms with Crippen LogP contribution in [0.3, 0.4) is 0 Å². The lowest BCUT2D eigenvalue weighted by Gasteiger charge is -2.29. The van der Waals surface area contributed by atoms with Gasteiger partial charge in [0.1, 0.15) is 18.5 Å². The van der Waals surface area contributed by atoms with Gasteiger partial charge < -0.3 is 19.3 Å². The quantitative estimate of drug-likeness (QED) is 0.305. The average molecular weight is 465 g/mol. The highest BCUT2D eigenvalue weighted by atomic mass is 16.5. The molecule has 1 aliphatic rings. The molecular formula is C31H32N2O2. The van der Waals surface area contributed by atoms with Gasteiger partial charge in [0.05, 0.1) is 5.69 Å². The topological polar surface area (TPSA) is 24.9 Å². The molecular weight excluding hydrogens is 432 g/mol. The SMILES string of the molecule is CO[C@@H]1COc2ccc(N(Cc3ccccc3)Cc3ccccc3)cc2N(Cc2ccccc2)C1. The maximum absolute atomic E-state index is 6.21. The lowest BCUT2D eigenvalue weighted by molar-refractivity contribution is 0.0674. The number of anilines is 2. The molecule has 5 rings (SSSR count). The van der Waals surface area contributed by atoms with E-state index >= 15 is 0 Å². The highest BCUT2D eigenvalue weighted by Gasteiger charge is 2.24. The summed E-state index contributed by atoms with van der Waals surface area (Å²) in [5.41, 5.74) is 6.13. The van der Waals surface area contributed by atoms with Gasteiger partial charge in [-0.05, 0) is 34.9 Å². The fraction of sp³-hybridized carbons (Fsp3) is 0.226. The van der Waals surface area contributed by atoms with Crippen molar-refractivity contribution < 1.29 is 9.47 Å². The fourth-order valence-corrected chi connectivity index (χ4v) is 4.59. The van der Waals surface area contributed by atoms with Crippen LogP contribution in [0.25, 0.3) is 0 Å². The number of hydrogen-bond acceptors (Lipinski definition) is 4. The molecule has 0 aliphatic carbocycles. The van der Waals surface area contributed by atoms with Crippen LogP contribution in [-0.2, 0) is 24.4 Å². The summed E-state index contributed by atoms with van der Waals surface area (Å²) >= 11 is 0. The molecule has 0 bridgehead atoms. The molecule has 0 radical (unpaired) electrons. The average Bonchev–Trinajstić information content (AvgIpc) is 3.09. The fourth-order valence-electron chi connectivity index (χ4n) is 4.59. The van der Waals surface area contributed by atoms with Crippen molar-refractivity contribution in [1.82, 2.24) is 0 Å². The zero-order chi connectivity index (χ0) is 23.9. The van der Waals surface area contributed by atoms with E-state index in [1.165, 1.54) is 22.4 Å².